The smallest absolute Gasteiger partial charge is 0.251 e. The number of nitrogens with two attached hydrogens (primary N) is 1. The third-order valence-electron chi connectivity index (χ3n) is 3.05. The van der Waals surface area contributed by atoms with Gasteiger partial charge < -0.3 is 20.5 Å². The Balaban J connectivity index is 2.66. The molecule has 1 aromatic carbocycles. The Kier molecular flexibility index (Phi) is 7.61. The molecule has 0 aliphatic heterocycles. The van der Waals surface area contributed by atoms with Crippen molar-refractivity contribution in [3.63, 3.8) is 0 Å². The molecule has 5 heteroatoms. The molecule has 118 valence electrons. The first kappa shape index (κ1) is 17.3. The van der Waals surface area contributed by atoms with Crippen molar-refractivity contribution in [2.75, 3.05) is 26.8 Å². The van der Waals surface area contributed by atoms with Crippen molar-refractivity contribution in [3.05, 3.63) is 23.8 Å². The Morgan fingerprint density at radius 2 is 2.10 bits per heavy atom. The summed E-state index contributed by atoms with van der Waals surface area (Å²) in [7, 11) is 1.57. The SMILES string of the molecule is COc1cc(C(=O)NCCCN)ccc1OCCC(C)C. The van der Waals surface area contributed by atoms with E-state index in [9.17, 15) is 4.79 Å². The van der Waals surface area contributed by atoms with E-state index in [1.165, 1.54) is 0 Å². The second-order valence-electron chi connectivity index (χ2n) is 5.29. The summed E-state index contributed by atoms with van der Waals surface area (Å²) < 4.78 is 11.0. The third kappa shape index (κ3) is 6.04. The van der Waals surface area contributed by atoms with Crippen molar-refractivity contribution >= 4 is 5.91 Å². The van der Waals surface area contributed by atoms with Gasteiger partial charge in [0.1, 0.15) is 0 Å². The lowest BCUT2D eigenvalue weighted by atomic mass is 10.1. The maximum Gasteiger partial charge on any atom is 0.251 e. The van der Waals surface area contributed by atoms with Gasteiger partial charge in [0.05, 0.1) is 13.7 Å². The van der Waals surface area contributed by atoms with E-state index in [0.717, 1.165) is 12.8 Å². The molecule has 0 unspecified atom stereocenters. The van der Waals surface area contributed by atoms with Crippen LogP contribution < -0.4 is 20.5 Å². The van der Waals surface area contributed by atoms with E-state index in [0.29, 0.717) is 42.7 Å². The number of methoxy groups -OCH3 is 1. The van der Waals surface area contributed by atoms with Gasteiger partial charge in [0.15, 0.2) is 11.5 Å². The number of nitrogens with one attached hydrogen (secondary N) is 1. The predicted octanol–water partition coefficient (Wildman–Crippen LogP) is 2.20. The van der Waals surface area contributed by atoms with Crippen molar-refractivity contribution in [2.24, 2.45) is 11.7 Å². The van der Waals surface area contributed by atoms with E-state index in [1.54, 1.807) is 25.3 Å². The van der Waals surface area contributed by atoms with Gasteiger partial charge in [0.2, 0.25) is 0 Å². The lowest BCUT2D eigenvalue weighted by molar-refractivity contribution is 0.0953. The zero-order valence-electron chi connectivity index (χ0n) is 13.1. The molecule has 0 saturated heterocycles. The van der Waals surface area contributed by atoms with Crippen molar-refractivity contribution < 1.29 is 14.3 Å². The summed E-state index contributed by atoms with van der Waals surface area (Å²) >= 11 is 0. The Bertz CT molecular complexity index is 447. The van der Waals surface area contributed by atoms with Gasteiger partial charge in [-0.3, -0.25) is 4.79 Å². The fourth-order valence-corrected chi connectivity index (χ4v) is 1.74. The van der Waals surface area contributed by atoms with Crippen LogP contribution in [0.3, 0.4) is 0 Å². The Morgan fingerprint density at radius 1 is 1.33 bits per heavy atom. The Hall–Kier alpha value is -1.75. The average Bonchev–Trinajstić information content (AvgIpc) is 2.47. The zero-order chi connectivity index (χ0) is 15.7. The molecule has 0 heterocycles. The lowest BCUT2D eigenvalue weighted by Gasteiger charge is -2.13. The van der Waals surface area contributed by atoms with Gasteiger partial charge in [-0.15, -0.1) is 0 Å². The van der Waals surface area contributed by atoms with Crippen molar-refractivity contribution in [2.45, 2.75) is 26.7 Å². The number of rotatable bonds is 9. The van der Waals surface area contributed by atoms with Crippen LogP contribution in [0.5, 0.6) is 11.5 Å². The van der Waals surface area contributed by atoms with Gasteiger partial charge in [-0.25, -0.2) is 0 Å². The van der Waals surface area contributed by atoms with Gasteiger partial charge in [-0.2, -0.15) is 0 Å². The van der Waals surface area contributed by atoms with Crippen molar-refractivity contribution in [3.8, 4) is 11.5 Å². The fraction of sp³-hybridized carbons (Fsp3) is 0.562. The summed E-state index contributed by atoms with van der Waals surface area (Å²) in [6, 6.07) is 5.21. The molecule has 5 nitrogen and oxygen atoms in total. The zero-order valence-corrected chi connectivity index (χ0v) is 13.1. The van der Waals surface area contributed by atoms with Crippen LogP contribution in [-0.2, 0) is 0 Å². The molecule has 0 fully saturated rings. The van der Waals surface area contributed by atoms with Crippen LogP contribution in [0.2, 0.25) is 0 Å². The molecule has 0 atom stereocenters. The maximum absolute atomic E-state index is 12.0. The van der Waals surface area contributed by atoms with Gasteiger partial charge in [-0.1, -0.05) is 13.8 Å². The van der Waals surface area contributed by atoms with Gasteiger partial charge in [-0.05, 0) is 43.5 Å². The quantitative estimate of drug-likeness (QED) is 0.685. The number of carbonyl (C=O) groups excluding carboxylic acids is 1. The second-order valence-corrected chi connectivity index (χ2v) is 5.29. The molecule has 1 rings (SSSR count). The number of benzene rings is 1. The normalized spacial score (nSPS) is 10.5. The highest BCUT2D eigenvalue weighted by Crippen LogP contribution is 2.28. The molecule has 1 amide bonds. The predicted molar refractivity (Wildman–Crippen MR) is 83.9 cm³/mol. The first-order valence-corrected chi connectivity index (χ1v) is 7.37. The highest BCUT2D eigenvalue weighted by atomic mass is 16.5. The molecular formula is C16H26N2O3. The number of amides is 1. The minimum absolute atomic E-state index is 0.129. The van der Waals surface area contributed by atoms with E-state index in [2.05, 4.69) is 19.2 Å². The van der Waals surface area contributed by atoms with Crippen LogP contribution in [0.25, 0.3) is 0 Å². The van der Waals surface area contributed by atoms with Crippen molar-refractivity contribution in [1.82, 2.24) is 5.32 Å². The summed E-state index contributed by atoms with van der Waals surface area (Å²) in [5.74, 6) is 1.70. The Labute approximate surface area is 126 Å². The van der Waals surface area contributed by atoms with Gasteiger partial charge >= 0.3 is 0 Å². The van der Waals surface area contributed by atoms with Crippen LogP contribution in [0.1, 0.15) is 37.0 Å². The van der Waals surface area contributed by atoms with E-state index in [4.69, 9.17) is 15.2 Å². The largest absolute Gasteiger partial charge is 0.493 e. The number of hydrogen-bond acceptors (Lipinski definition) is 4. The summed E-state index contributed by atoms with van der Waals surface area (Å²) in [5.41, 5.74) is 5.95. The molecule has 0 aliphatic carbocycles. The molecule has 0 bridgehead atoms. The molecule has 0 saturated carbocycles. The molecule has 3 N–H and O–H groups in total. The van der Waals surface area contributed by atoms with E-state index in [1.807, 2.05) is 0 Å². The van der Waals surface area contributed by atoms with Crippen LogP contribution in [0, 0.1) is 5.92 Å². The third-order valence-corrected chi connectivity index (χ3v) is 3.05. The van der Waals surface area contributed by atoms with Crippen LogP contribution in [0.4, 0.5) is 0 Å². The minimum Gasteiger partial charge on any atom is -0.493 e. The highest BCUT2D eigenvalue weighted by Gasteiger charge is 2.11. The molecule has 1 aromatic rings. The van der Waals surface area contributed by atoms with Crippen LogP contribution >= 0.6 is 0 Å². The second kappa shape index (κ2) is 9.23. The van der Waals surface area contributed by atoms with Crippen LogP contribution in [0.15, 0.2) is 18.2 Å². The van der Waals surface area contributed by atoms with Gasteiger partial charge in [0.25, 0.3) is 5.91 Å². The summed E-state index contributed by atoms with van der Waals surface area (Å²) in [6.45, 7) is 6.07. The standard InChI is InChI=1S/C16H26N2O3/c1-12(2)7-10-21-14-6-5-13(11-15(14)20-3)16(19)18-9-4-8-17/h5-6,11-12H,4,7-10,17H2,1-3H3,(H,18,19). The highest BCUT2D eigenvalue weighted by molar-refractivity contribution is 5.94. The van der Waals surface area contributed by atoms with E-state index >= 15 is 0 Å². The number of hydrogen-bond donors (Lipinski definition) is 2. The monoisotopic (exact) mass is 294 g/mol. The summed E-state index contributed by atoms with van der Waals surface area (Å²) in [6.07, 6.45) is 1.74. The fourth-order valence-electron chi connectivity index (χ4n) is 1.74. The van der Waals surface area contributed by atoms with Gasteiger partial charge in [0, 0.05) is 12.1 Å². The molecule has 0 spiro atoms. The number of carbonyl (C=O) groups is 1. The van der Waals surface area contributed by atoms with Crippen molar-refractivity contribution in [1.29, 1.82) is 0 Å². The van der Waals surface area contributed by atoms with E-state index < -0.39 is 0 Å². The van der Waals surface area contributed by atoms with E-state index in [-0.39, 0.29) is 5.91 Å². The topological polar surface area (TPSA) is 73.6 Å². The summed E-state index contributed by atoms with van der Waals surface area (Å²) in [4.78, 5) is 12.0. The summed E-state index contributed by atoms with van der Waals surface area (Å²) in [5, 5.41) is 2.81. The lowest BCUT2D eigenvalue weighted by Crippen LogP contribution is -2.25. The minimum atomic E-state index is -0.129. The molecule has 21 heavy (non-hydrogen) atoms. The Morgan fingerprint density at radius 3 is 2.71 bits per heavy atom. The molecule has 0 aliphatic rings. The average molecular weight is 294 g/mol. The molecular weight excluding hydrogens is 268 g/mol. The van der Waals surface area contributed by atoms with Crippen LogP contribution in [-0.4, -0.2) is 32.7 Å². The maximum atomic E-state index is 12.0. The first-order valence-electron chi connectivity index (χ1n) is 7.37. The molecule has 0 aromatic heterocycles. The molecule has 0 radical (unpaired) electrons. The first-order chi connectivity index (χ1) is 10.1. The number of ether oxygens (including phenoxy) is 2.